The molecule has 142 valence electrons. The quantitative estimate of drug-likeness (QED) is 0.826. The van der Waals surface area contributed by atoms with Crippen LogP contribution in [-0.2, 0) is 4.79 Å². The van der Waals surface area contributed by atoms with Crippen LogP contribution in [0.2, 0.25) is 0 Å². The number of amides is 1. The van der Waals surface area contributed by atoms with Gasteiger partial charge < -0.3 is 10.2 Å². The summed E-state index contributed by atoms with van der Waals surface area (Å²) in [7, 11) is 0. The van der Waals surface area contributed by atoms with Crippen molar-refractivity contribution in [3.05, 3.63) is 59.7 Å². The van der Waals surface area contributed by atoms with E-state index in [2.05, 4.69) is 15.1 Å². The maximum absolute atomic E-state index is 12.6. The van der Waals surface area contributed by atoms with E-state index in [0.717, 1.165) is 48.7 Å². The van der Waals surface area contributed by atoms with E-state index >= 15 is 0 Å². The van der Waals surface area contributed by atoms with Gasteiger partial charge in [0.05, 0.1) is 6.04 Å². The van der Waals surface area contributed by atoms with Gasteiger partial charge in [-0.3, -0.25) is 14.5 Å². The third-order valence-electron chi connectivity index (χ3n) is 5.28. The lowest BCUT2D eigenvalue weighted by molar-refractivity contribution is -0.120. The largest absolute Gasteiger partial charge is 0.369 e. The number of hydrogen-bond acceptors (Lipinski definition) is 4. The first-order chi connectivity index (χ1) is 13.0. The van der Waals surface area contributed by atoms with Gasteiger partial charge in [0.15, 0.2) is 5.78 Å². The van der Waals surface area contributed by atoms with Crippen LogP contribution in [0.3, 0.4) is 0 Å². The van der Waals surface area contributed by atoms with Gasteiger partial charge in [-0.15, -0.1) is 0 Å². The predicted molar refractivity (Wildman–Crippen MR) is 110 cm³/mol. The van der Waals surface area contributed by atoms with E-state index in [-0.39, 0.29) is 17.7 Å². The van der Waals surface area contributed by atoms with Crippen LogP contribution < -0.4 is 10.2 Å². The van der Waals surface area contributed by atoms with Crippen molar-refractivity contribution >= 4 is 23.1 Å². The van der Waals surface area contributed by atoms with Crippen LogP contribution in [0.25, 0.3) is 0 Å². The number of rotatable bonds is 5. The van der Waals surface area contributed by atoms with Crippen molar-refractivity contribution in [1.29, 1.82) is 0 Å². The Balaban J connectivity index is 1.55. The summed E-state index contributed by atoms with van der Waals surface area (Å²) in [5.41, 5.74) is 3.80. The molecule has 0 aromatic heterocycles. The molecule has 1 saturated heterocycles. The molecule has 2 aromatic rings. The molecule has 0 saturated carbocycles. The molecule has 0 radical (unpaired) electrons. The first-order valence-corrected chi connectivity index (χ1v) is 9.42. The fourth-order valence-corrected chi connectivity index (χ4v) is 3.39. The third kappa shape index (κ3) is 4.55. The molecule has 0 aliphatic carbocycles. The molecule has 1 unspecified atom stereocenters. The van der Waals surface area contributed by atoms with Gasteiger partial charge in [-0.25, -0.2) is 0 Å². The summed E-state index contributed by atoms with van der Waals surface area (Å²) in [6.07, 6.45) is 0. The second-order valence-electron chi connectivity index (χ2n) is 7.11. The summed E-state index contributed by atoms with van der Waals surface area (Å²) in [5, 5.41) is 3.04. The Morgan fingerprint density at radius 1 is 0.963 bits per heavy atom. The fraction of sp³-hybridized carbons (Fsp3) is 0.364. The van der Waals surface area contributed by atoms with Gasteiger partial charge in [0.1, 0.15) is 0 Å². The van der Waals surface area contributed by atoms with Gasteiger partial charge in [-0.05, 0) is 56.7 Å². The minimum absolute atomic E-state index is 0.0311. The number of carbonyl (C=O) groups excluding carboxylic acids is 2. The summed E-state index contributed by atoms with van der Waals surface area (Å²) in [6, 6.07) is 15.4. The van der Waals surface area contributed by atoms with Crippen molar-refractivity contribution in [2.75, 3.05) is 36.4 Å². The standard InChI is InChI=1S/C22H27N3O2/c1-16-6-4-5-7-21(16)23-22(27)17(2)24-12-14-25(15-13-24)20-10-8-19(9-11-20)18(3)26/h4-11,17H,12-15H2,1-3H3,(H,23,27). The Labute approximate surface area is 161 Å². The molecule has 0 spiro atoms. The summed E-state index contributed by atoms with van der Waals surface area (Å²) in [5.74, 6) is 0.114. The molecular weight excluding hydrogens is 338 g/mol. The van der Waals surface area contributed by atoms with Crippen molar-refractivity contribution in [2.45, 2.75) is 26.8 Å². The molecular formula is C22H27N3O2. The van der Waals surface area contributed by atoms with Crippen molar-refractivity contribution in [3.63, 3.8) is 0 Å². The van der Waals surface area contributed by atoms with Gasteiger partial charge in [0, 0.05) is 43.1 Å². The third-order valence-corrected chi connectivity index (χ3v) is 5.28. The van der Waals surface area contributed by atoms with E-state index < -0.39 is 0 Å². The average Bonchev–Trinajstić information content (AvgIpc) is 2.69. The number of ketones is 1. The van der Waals surface area contributed by atoms with Crippen molar-refractivity contribution in [3.8, 4) is 0 Å². The number of benzene rings is 2. The van der Waals surface area contributed by atoms with Crippen LogP contribution in [0.1, 0.15) is 29.8 Å². The fourth-order valence-electron chi connectivity index (χ4n) is 3.39. The maximum Gasteiger partial charge on any atom is 0.241 e. The monoisotopic (exact) mass is 365 g/mol. The molecule has 1 fully saturated rings. The van der Waals surface area contributed by atoms with Crippen molar-refractivity contribution in [2.24, 2.45) is 0 Å². The first kappa shape index (κ1) is 19.1. The number of piperazine rings is 1. The number of nitrogens with zero attached hydrogens (tertiary/aromatic N) is 2. The van der Waals surface area contributed by atoms with Crippen molar-refractivity contribution < 1.29 is 9.59 Å². The molecule has 0 bridgehead atoms. The highest BCUT2D eigenvalue weighted by Crippen LogP contribution is 2.19. The minimum Gasteiger partial charge on any atom is -0.369 e. The Kier molecular flexibility index (Phi) is 5.91. The maximum atomic E-state index is 12.6. The van der Waals surface area contributed by atoms with Crippen LogP contribution in [0.4, 0.5) is 11.4 Å². The number of anilines is 2. The molecule has 1 aliphatic heterocycles. The van der Waals surface area contributed by atoms with Crippen LogP contribution in [0.15, 0.2) is 48.5 Å². The SMILES string of the molecule is CC(=O)c1ccc(N2CCN(C(C)C(=O)Nc3ccccc3C)CC2)cc1. The number of hydrogen-bond donors (Lipinski definition) is 1. The van der Waals surface area contributed by atoms with E-state index in [4.69, 9.17) is 0 Å². The lowest BCUT2D eigenvalue weighted by Crippen LogP contribution is -2.52. The lowest BCUT2D eigenvalue weighted by atomic mass is 10.1. The number of nitrogens with one attached hydrogen (secondary N) is 1. The normalized spacial score (nSPS) is 16.0. The Morgan fingerprint density at radius 2 is 1.59 bits per heavy atom. The van der Waals surface area contributed by atoms with Crippen LogP contribution >= 0.6 is 0 Å². The zero-order valence-corrected chi connectivity index (χ0v) is 16.2. The van der Waals surface area contributed by atoms with Gasteiger partial charge in [0.2, 0.25) is 5.91 Å². The van der Waals surface area contributed by atoms with E-state index in [1.165, 1.54) is 0 Å². The highest BCUT2D eigenvalue weighted by atomic mass is 16.2. The van der Waals surface area contributed by atoms with Crippen LogP contribution in [0.5, 0.6) is 0 Å². The van der Waals surface area contributed by atoms with E-state index in [1.807, 2.05) is 62.4 Å². The first-order valence-electron chi connectivity index (χ1n) is 9.42. The Morgan fingerprint density at radius 3 is 2.19 bits per heavy atom. The highest BCUT2D eigenvalue weighted by Gasteiger charge is 2.26. The molecule has 2 aromatic carbocycles. The Bertz CT molecular complexity index is 809. The number of para-hydroxylation sites is 1. The summed E-state index contributed by atoms with van der Waals surface area (Å²) >= 11 is 0. The second-order valence-corrected chi connectivity index (χ2v) is 7.11. The molecule has 1 amide bonds. The van der Waals surface area contributed by atoms with Gasteiger partial charge in [0.25, 0.3) is 0 Å². The summed E-state index contributed by atoms with van der Waals surface area (Å²) < 4.78 is 0. The highest BCUT2D eigenvalue weighted by molar-refractivity contribution is 5.95. The van der Waals surface area contributed by atoms with Crippen LogP contribution in [-0.4, -0.2) is 48.8 Å². The Hall–Kier alpha value is -2.66. The average molecular weight is 365 g/mol. The smallest absolute Gasteiger partial charge is 0.241 e. The minimum atomic E-state index is -0.174. The predicted octanol–water partition coefficient (Wildman–Crippen LogP) is 3.35. The number of Topliss-reactive ketones (excluding diaryl/α,β-unsaturated/α-hetero) is 1. The molecule has 1 aliphatic rings. The summed E-state index contributed by atoms with van der Waals surface area (Å²) in [4.78, 5) is 28.5. The van der Waals surface area contributed by atoms with E-state index in [9.17, 15) is 9.59 Å². The van der Waals surface area contributed by atoms with Gasteiger partial charge in [-0.2, -0.15) is 0 Å². The summed E-state index contributed by atoms with van der Waals surface area (Å²) in [6.45, 7) is 8.93. The topological polar surface area (TPSA) is 52.7 Å². The van der Waals surface area contributed by atoms with Crippen LogP contribution in [0, 0.1) is 6.92 Å². The van der Waals surface area contributed by atoms with Gasteiger partial charge >= 0.3 is 0 Å². The molecule has 5 nitrogen and oxygen atoms in total. The molecule has 3 rings (SSSR count). The van der Waals surface area contributed by atoms with Gasteiger partial charge in [-0.1, -0.05) is 18.2 Å². The second kappa shape index (κ2) is 8.35. The molecule has 5 heteroatoms. The number of carbonyl (C=O) groups is 2. The molecule has 27 heavy (non-hydrogen) atoms. The molecule has 1 atom stereocenters. The van der Waals surface area contributed by atoms with Crippen molar-refractivity contribution in [1.82, 2.24) is 4.90 Å². The zero-order chi connectivity index (χ0) is 19.4. The molecule has 1 N–H and O–H groups in total. The van der Waals surface area contributed by atoms with E-state index in [0.29, 0.717) is 0 Å². The lowest BCUT2D eigenvalue weighted by Gasteiger charge is -2.38. The van der Waals surface area contributed by atoms with E-state index in [1.54, 1.807) is 6.92 Å². The molecule has 1 heterocycles. The zero-order valence-electron chi connectivity index (χ0n) is 16.2. The number of aryl methyl sites for hydroxylation is 1.